The standard InChI is InChI=1S/C16H18FNO2/c1-11(12-5-6-12)16(20)18-14-7-8-15(17)13(10-14)4-2-3-9-19/h7-8,10-12,19H,3,5-6,9H2,1H3,(H,18,20). The Morgan fingerprint density at radius 2 is 2.30 bits per heavy atom. The maximum absolute atomic E-state index is 13.6. The van der Waals surface area contributed by atoms with Crippen LogP contribution in [-0.2, 0) is 4.79 Å². The maximum Gasteiger partial charge on any atom is 0.227 e. The fourth-order valence-electron chi connectivity index (χ4n) is 1.98. The molecule has 0 bridgehead atoms. The summed E-state index contributed by atoms with van der Waals surface area (Å²) in [5, 5.41) is 11.5. The van der Waals surface area contributed by atoms with Gasteiger partial charge in [-0.3, -0.25) is 4.79 Å². The summed E-state index contributed by atoms with van der Waals surface area (Å²) in [5.41, 5.74) is 0.785. The van der Waals surface area contributed by atoms with Crippen LogP contribution < -0.4 is 5.32 Å². The van der Waals surface area contributed by atoms with Crippen LogP contribution in [0.4, 0.5) is 10.1 Å². The Kier molecular flexibility index (Phi) is 4.75. The molecule has 106 valence electrons. The van der Waals surface area contributed by atoms with Gasteiger partial charge in [0.05, 0.1) is 12.2 Å². The molecule has 1 saturated carbocycles. The number of nitrogens with one attached hydrogen (secondary N) is 1. The van der Waals surface area contributed by atoms with Crippen LogP contribution in [0.1, 0.15) is 31.7 Å². The second kappa shape index (κ2) is 6.53. The number of halogens is 1. The third kappa shape index (κ3) is 3.82. The van der Waals surface area contributed by atoms with Crippen LogP contribution in [-0.4, -0.2) is 17.6 Å². The van der Waals surface area contributed by atoms with E-state index in [4.69, 9.17) is 5.11 Å². The summed E-state index contributed by atoms with van der Waals surface area (Å²) in [6.07, 6.45) is 2.51. The number of benzene rings is 1. The highest BCUT2D eigenvalue weighted by Gasteiger charge is 2.32. The highest BCUT2D eigenvalue weighted by atomic mass is 19.1. The summed E-state index contributed by atoms with van der Waals surface area (Å²) in [7, 11) is 0. The second-order valence-corrected chi connectivity index (χ2v) is 5.09. The third-order valence-electron chi connectivity index (χ3n) is 3.44. The molecular formula is C16H18FNO2. The average molecular weight is 275 g/mol. The third-order valence-corrected chi connectivity index (χ3v) is 3.44. The predicted octanol–water partition coefficient (Wildman–Crippen LogP) is 2.54. The molecule has 0 heterocycles. The second-order valence-electron chi connectivity index (χ2n) is 5.09. The molecule has 1 amide bonds. The highest BCUT2D eigenvalue weighted by molar-refractivity contribution is 5.92. The molecule has 1 unspecified atom stereocenters. The van der Waals surface area contributed by atoms with Gasteiger partial charge < -0.3 is 10.4 Å². The van der Waals surface area contributed by atoms with Gasteiger partial charge >= 0.3 is 0 Å². The molecule has 2 N–H and O–H groups in total. The van der Waals surface area contributed by atoms with Crippen LogP contribution in [0.3, 0.4) is 0 Å². The van der Waals surface area contributed by atoms with Crippen molar-refractivity contribution in [1.82, 2.24) is 0 Å². The van der Waals surface area contributed by atoms with Crippen molar-refractivity contribution in [3.8, 4) is 11.8 Å². The molecule has 1 aliphatic rings. The van der Waals surface area contributed by atoms with Crippen LogP contribution in [0.5, 0.6) is 0 Å². The van der Waals surface area contributed by atoms with E-state index in [1.807, 2.05) is 6.92 Å². The van der Waals surface area contributed by atoms with Crippen molar-refractivity contribution in [2.24, 2.45) is 11.8 Å². The lowest BCUT2D eigenvalue weighted by Gasteiger charge is -2.11. The van der Waals surface area contributed by atoms with Gasteiger partial charge in [0.25, 0.3) is 0 Å². The summed E-state index contributed by atoms with van der Waals surface area (Å²) >= 11 is 0. The first-order valence-electron chi connectivity index (χ1n) is 6.82. The lowest BCUT2D eigenvalue weighted by molar-refractivity contribution is -0.119. The molecule has 2 rings (SSSR count). The predicted molar refractivity (Wildman–Crippen MR) is 75.5 cm³/mol. The monoisotopic (exact) mass is 275 g/mol. The number of aliphatic hydroxyl groups excluding tert-OH is 1. The molecule has 3 nitrogen and oxygen atoms in total. The van der Waals surface area contributed by atoms with Gasteiger partial charge in [0.2, 0.25) is 5.91 Å². The molecule has 0 aliphatic heterocycles. The van der Waals surface area contributed by atoms with Crippen molar-refractivity contribution in [3.63, 3.8) is 0 Å². The first-order valence-corrected chi connectivity index (χ1v) is 6.82. The van der Waals surface area contributed by atoms with Crippen molar-refractivity contribution in [3.05, 3.63) is 29.6 Å². The molecule has 0 spiro atoms. The molecule has 20 heavy (non-hydrogen) atoms. The smallest absolute Gasteiger partial charge is 0.227 e. The number of rotatable bonds is 4. The maximum atomic E-state index is 13.6. The van der Waals surface area contributed by atoms with Gasteiger partial charge in [0.1, 0.15) is 5.82 Å². The quantitative estimate of drug-likeness (QED) is 0.830. The van der Waals surface area contributed by atoms with Crippen molar-refractivity contribution >= 4 is 11.6 Å². The van der Waals surface area contributed by atoms with Gasteiger partial charge in [-0.1, -0.05) is 18.8 Å². The van der Waals surface area contributed by atoms with E-state index in [0.717, 1.165) is 12.8 Å². The zero-order valence-corrected chi connectivity index (χ0v) is 11.4. The van der Waals surface area contributed by atoms with Gasteiger partial charge in [-0.15, -0.1) is 0 Å². The van der Waals surface area contributed by atoms with Gasteiger partial charge in [-0.2, -0.15) is 0 Å². The van der Waals surface area contributed by atoms with E-state index in [2.05, 4.69) is 17.2 Å². The lowest BCUT2D eigenvalue weighted by atomic mass is 10.1. The minimum atomic E-state index is -0.427. The number of anilines is 1. The van der Waals surface area contributed by atoms with Crippen LogP contribution in [0.25, 0.3) is 0 Å². The fourth-order valence-corrected chi connectivity index (χ4v) is 1.98. The van der Waals surface area contributed by atoms with E-state index in [9.17, 15) is 9.18 Å². The molecule has 1 fully saturated rings. The largest absolute Gasteiger partial charge is 0.395 e. The topological polar surface area (TPSA) is 49.3 Å². The normalized spacial score (nSPS) is 15.2. The van der Waals surface area contributed by atoms with E-state index < -0.39 is 5.82 Å². The molecule has 4 heteroatoms. The SMILES string of the molecule is CC(C(=O)Nc1ccc(F)c(C#CCCO)c1)C1CC1. The Hall–Kier alpha value is -1.86. The fraction of sp³-hybridized carbons (Fsp3) is 0.438. The number of hydrogen-bond acceptors (Lipinski definition) is 2. The molecule has 0 radical (unpaired) electrons. The van der Waals surface area contributed by atoms with Crippen LogP contribution >= 0.6 is 0 Å². The number of amides is 1. The molecule has 1 atom stereocenters. The van der Waals surface area contributed by atoms with Gasteiger partial charge in [-0.05, 0) is 37.0 Å². The van der Waals surface area contributed by atoms with Crippen LogP contribution in [0.15, 0.2) is 18.2 Å². The Balaban J connectivity index is 2.07. The highest BCUT2D eigenvalue weighted by Crippen LogP contribution is 2.37. The molecular weight excluding hydrogens is 257 g/mol. The minimum absolute atomic E-state index is 0.0102. The lowest BCUT2D eigenvalue weighted by Crippen LogP contribution is -2.21. The Morgan fingerprint density at radius 3 is 2.95 bits per heavy atom. The van der Waals surface area contributed by atoms with Crippen molar-refractivity contribution in [2.45, 2.75) is 26.2 Å². The van der Waals surface area contributed by atoms with E-state index >= 15 is 0 Å². The number of carbonyl (C=O) groups excluding carboxylic acids is 1. The van der Waals surface area contributed by atoms with Crippen molar-refractivity contribution in [2.75, 3.05) is 11.9 Å². The number of carbonyl (C=O) groups is 1. The molecule has 0 aromatic heterocycles. The number of hydrogen-bond donors (Lipinski definition) is 2. The van der Waals surface area contributed by atoms with Gasteiger partial charge in [0.15, 0.2) is 0 Å². The van der Waals surface area contributed by atoms with Crippen LogP contribution in [0.2, 0.25) is 0 Å². The first-order chi connectivity index (χ1) is 9.61. The molecule has 1 aromatic carbocycles. The average Bonchev–Trinajstić information content (AvgIpc) is 3.26. The van der Waals surface area contributed by atoms with E-state index in [-0.39, 0.29) is 24.0 Å². The van der Waals surface area contributed by atoms with Crippen LogP contribution in [0, 0.1) is 29.5 Å². The van der Waals surface area contributed by atoms with Crippen molar-refractivity contribution in [1.29, 1.82) is 0 Å². The summed E-state index contributed by atoms with van der Waals surface area (Å²) < 4.78 is 13.6. The summed E-state index contributed by atoms with van der Waals surface area (Å²) in [6, 6.07) is 4.35. The molecule has 1 aliphatic carbocycles. The molecule has 1 aromatic rings. The minimum Gasteiger partial charge on any atom is -0.395 e. The summed E-state index contributed by atoms with van der Waals surface area (Å²) in [6.45, 7) is 1.86. The van der Waals surface area contributed by atoms with E-state index in [1.165, 1.54) is 18.2 Å². The first kappa shape index (κ1) is 14.5. The Morgan fingerprint density at radius 1 is 1.55 bits per heavy atom. The summed E-state index contributed by atoms with van der Waals surface area (Å²) in [5.74, 6) is 5.34. The van der Waals surface area contributed by atoms with E-state index in [0.29, 0.717) is 18.0 Å². The van der Waals surface area contributed by atoms with Crippen molar-refractivity contribution < 1.29 is 14.3 Å². The summed E-state index contributed by atoms with van der Waals surface area (Å²) in [4.78, 5) is 12.0. The molecule has 0 saturated heterocycles. The zero-order chi connectivity index (χ0) is 14.5. The Bertz CT molecular complexity index is 555. The zero-order valence-electron chi connectivity index (χ0n) is 11.4. The van der Waals surface area contributed by atoms with Gasteiger partial charge in [-0.25, -0.2) is 4.39 Å². The number of aliphatic hydroxyl groups is 1. The van der Waals surface area contributed by atoms with E-state index in [1.54, 1.807) is 0 Å². The van der Waals surface area contributed by atoms with Gasteiger partial charge in [0, 0.05) is 18.0 Å². The Labute approximate surface area is 118 Å².